The molecule has 0 unspecified atom stereocenters. The molecule has 0 bridgehead atoms. The lowest BCUT2D eigenvalue weighted by atomic mass is 10.4. The lowest BCUT2D eigenvalue weighted by Gasteiger charge is -1.95. The molecule has 0 amide bonds. The number of rotatable bonds is 4. The first-order valence-electron chi connectivity index (χ1n) is 3.72. The molecule has 0 nitrogen and oxygen atoms in total. The van der Waals surface area contributed by atoms with Crippen molar-refractivity contribution in [1.82, 2.24) is 0 Å². The van der Waals surface area contributed by atoms with Gasteiger partial charge in [-0.25, -0.2) is 0 Å². The molecule has 0 N–H and O–H groups in total. The Labute approximate surface area is 75.5 Å². The van der Waals surface area contributed by atoms with E-state index in [9.17, 15) is 0 Å². The summed E-state index contributed by atoms with van der Waals surface area (Å²) in [6, 6.07) is 12.2. The molecule has 0 heterocycles. The Morgan fingerprint density at radius 2 is 1.91 bits per heavy atom. The van der Waals surface area contributed by atoms with Crippen LogP contribution in [0.5, 0.6) is 0 Å². The molecule has 6 radical (unpaired) electrons. The standard InChI is InChI=1S/C8H10Si3/c1-2-9-11-10-8-6-4-3-5-7-8/h3-7H,2H2,1H3. The lowest BCUT2D eigenvalue weighted by Crippen LogP contribution is -2.24. The molecular formula is C8H10Si3. The highest BCUT2D eigenvalue weighted by atomic mass is 29.5. The van der Waals surface area contributed by atoms with E-state index in [2.05, 4.69) is 37.3 Å². The summed E-state index contributed by atoms with van der Waals surface area (Å²) in [6.45, 7) is 2.26. The van der Waals surface area contributed by atoms with Gasteiger partial charge < -0.3 is 0 Å². The molecule has 1 aromatic rings. The molecule has 0 aliphatic heterocycles. The molecule has 0 atom stereocenters. The number of hydrogen-bond acceptors (Lipinski definition) is 0. The fraction of sp³-hybridized carbons (Fsp3) is 0.250. The topological polar surface area (TPSA) is 0 Å². The van der Waals surface area contributed by atoms with Crippen LogP contribution >= 0.6 is 0 Å². The van der Waals surface area contributed by atoms with Crippen LogP contribution in [0.4, 0.5) is 0 Å². The minimum absolute atomic E-state index is 1.05. The second-order valence-electron chi connectivity index (χ2n) is 2.15. The van der Waals surface area contributed by atoms with E-state index in [1.54, 1.807) is 0 Å². The van der Waals surface area contributed by atoms with Crippen LogP contribution in [-0.4, -0.2) is 26.6 Å². The monoisotopic (exact) mass is 190 g/mol. The van der Waals surface area contributed by atoms with Gasteiger partial charge in [-0.2, -0.15) is 0 Å². The third-order valence-electron chi connectivity index (χ3n) is 1.25. The molecule has 1 aromatic carbocycles. The fourth-order valence-electron chi connectivity index (χ4n) is 0.726. The molecule has 1 rings (SSSR count). The summed E-state index contributed by atoms with van der Waals surface area (Å²) < 4.78 is 0. The molecule has 0 aliphatic rings. The molecule has 0 aromatic heterocycles. The molecule has 0 spiro atoms. The van der Waals surface area contributed by atoms with Crippen molar-refractivity contribution in [2.45, 2.75) is 13.0 Å². The van der Waals surface area contributed by atoms with Crippen molar-refractivity contribution >= 4 is 31.8 Å². The summed E-state index contributed by atoms with van der Waals surface area (Å²) >= 11 is 0. The Balaban J connectivity index is 2.28. The summed E-state index contributed by atoms with van der Waals surface area (Å²) in [5.41, 5.74) is 0. The summed E-state index contributed by atoms with van der Waals surface area (Å²) in [5, 5.41) is 1.52. The van der Waals surface area contributed by atoms with Gasteiger partial charge in [0, 0.05) is 17.6 Å². The van der Waals surface area contributed by atoms with Crippen molar-refractivity contribution < 1.29 is 0 Å². The molecule has 0 saturated carbocycles. The van der Waals surface area contributed by atoms with E-state index in [1.165, 1.54) is 28.8 Å². The number of benzene rings is 1. The maximum atomic E-state index is 2.26. The highest BCUT2D eigenvalue weighted by Gasteiger charge is 1.92. The minimum Gasteiger partial charge on any atom is -0.0684 e. The summed E-state index contributed by atoms with van der Waals surface area (Å²) in [5.74, 6) is 0. The first-order valence-corrected chi connectivity index (χ1v) is 8.93. The van der Waals surface area contributed by atoms with Gasteiger partial charge >= 0.3 is 0 Å². The van der Waals surface area contributed by atoms with Gasteiger partial charge in [0.2, 0.25) is 0 Å². The zero-order valence-electron chi connectivity index (χ0n) is 6.59. The van der Waals surface area contributed by atoms with Crippen molar-refractivity contribution in [1.29, 1.82) is 0 Å². The molecule has 54 valence electrons. The zero-order chi connectivity index (χ0) is 7.94. The Morgan fingerprint density at radius 3 is 2.55 bits per heavy atom. The van der Waals surface area contributed by atoms with E-state index in [1.807, 2.05) is 0 Å². The molecule has 3 heteroatoms. The van der Waals surface area contributed by atoms with Gasteiger partial charge in [0.05, 0.1) is 9.04 Å². The zero-order valence-corrected chi connectivity index (χ0v) is 9.59. The Kier molecular flexibility index (Phi) is 4.49. The largest absolute Gasteiger partial charge is 0.0684 e. The average molecular weight is 190 g/mol. The van der Waals surface area contributed by atoms with Crippen LogP contribution in [-0.2, 0) is 0 Å². The van der Waals surface area contributed by atoms with E-state index in [0.717, 1.165) is 9.04 Å². The first-order chi connectivity index (χ1) is 5.43. The van der Waals surface area contributed by atoms with Gasteiger partial charge in [-0.15, -0.1) is 0 Å². The van der Waals surface area contributed by atoms with Crippen molar-refractivity contribution in [3.05, 3.63) is 30.3 Å². The first kappa shape index (κ1) is 8.96. The van der Waals surface area contributed by atoms with Gasteiger partial charge in [-0.1, -0.05) is 48.5 Å². The summed E-state index contributed by atoms with van der Waals surface area (Å²) in [7, 11) is 3.40. The summed E-state index contributed by atoms with van der Waals surface area (Å²) in [6.07, 6.45) is 0. The molecule has 0 fully saturated rings. The van der Waals surface area contributed by atoms with Crippen molar-refractivity contribution in [3.63, 3.8) is 0 Å². The maximum absolute atomic E-state index is 2.26. The third kappa shape index (κ3) is 3.69. The van der Waals surface area contributed by atoms with Gasteiger partial charge in [-0.3, -0.25) is 0 Å². The van der Waals surface area contributed by atoms with Crippen LogP contribution in [0, 0.1) is 0 Å². The predicted molar refractivity (Wildman–Crippen MR) is 53.8 cm³/mol. The van der Waals surface area contributed by atoms with Crippen LogP contribution in [0.2, 0.25) is 6.04 Å². The second kappa shape index (κ2) is 5.51. The SMILES string of the molecule is CC[Si][Si][Si]c1ccccc1. The van der Waals surface area contributed by atoms with Crippen molar-refractivity contribution in [2.75, 3.05) is 0 Å². The molecular weight excluding hydrogens is 180 g/mol. The van der Waals surface area contributed by atoms with Gasteiger partial charge in [0.15, 0.2) is 0 Å². The van der Waals surface area contributed by atoms with Crippen molar-refractivity contribution in [2.24, 2.45) is 0 Å². The highest BCUT2D eigenvalue weighted by molar-refractivity contribution is 7.32. The van der Waals surface area contributed by atoms with Crippen LogP contribution in [0.15, 0.2) is 30.3 Å². The normalized spacial score (nSPS) is 9.91. The summed E-state index contributed by atoms with van der Waals surface area (Å²) in [4.78, 5) is 0. The van der Waals surface area contributed by atoms with E-state index < -0.39 is 0 Å². The van der Waals surface area contributed by atoms with E-state index in [-0.39, 0.29) is 0 Å². The second-order valence-corrected chi connectivity index (χ2v) is 9.10. The predicted octanol–water partition coefficient (Wildman–Crippen LogP) is 0.693. The van der Waals surface area contributed by atoms with Gasteiger partial charge in [0.1, 0.15) is 0 Å². The van der Waals surface area contributed by atoms with Crippen LogP contribution in [0.3, 0.4) is 0 Å². The average Bonchev–Trinajstić information content (AvgIpc) is 2.07. The van der Waals surface area contributed by atoms with Crippen molar-refractivity contribution in [3.8, 4) is 0 Å². The van der Waals surface area contributed by atoms with E-state index in [0.29, 0.717) is 0 Å². The van der Waals surface area contributed by atoms with E-state index in [4.69, 9.17) is 0 Å². The number of hydrogen-bond donors (Lipinski definition) is 0. The van der Waals surface area contributed by atoms with Crippen LogP contribution in [0.1, 0.15) is 6.92 Å². The van der Waals surface area contributed by atoms with Gasteiger partial charge in [-0.05, 0) is 0 Å². The Hall–Kier alpha value is -0.129. The molecule has 11 heavy (non-hydrogen) atoms. The Bertz CT molecular complexity index is 186. The van der Waals surface area contributed by atoms with Crippen LogP contribution in [0.25, 0.3) is 0 Å². The Morgan fingerprint density at radius 1 is 1.18 bits per heavy atom. The maximum Gasteiger partial charge on any atom is 0.0607 e. The molecule has 0 saturated heterocycles. The quantitative estimate of drug-likeness (QED) is 0.484. The highest BCUT2D eigenvalue weighted by Crippen LogP contribution is 1.80. The molecule has 0 aliphatic carbocycles. The minimum atomic E-state index is 1.05. The lowest BCUT2D eigenvalue weighted by molar-refractivity contribution is 1.47. The fourth-order valence-corrected chi connectivity index (χ4v) is 6.91. The van der Waals surface area contributed by atoms with Crippen LogP contribution < -0.4 is 5.19 Å². The third-order valence-corrected chi connectivity index (χ3v) is 8.07. The van der Waals surface area contributed by atoms with Gasteiger partial charge in [0.25, 0.3) is 0 Å². The van der Waals surface area contributed by atoms with E-state index >= 15 is 0 Å². The smallest absolute Gasteiger partial charge is 0.0607 e.